The van der Waals surface area contributed by atoms with Crippen molar-refractivity contribution in [1.29, 1.82) is 0 Å². The highest BCUT2D eigenvalue weighted by Gasteiger charge is 2.34. The van der Waals surface area contributed by atoms with Gasteiger partial charge in [-0.3, -0.25) is 4.79 Å². The van der Waals surface area contributed by atoms with Crippen molar-refractivity contribution in [2.45, 2.75) is 56.9 Å². The van der Waals surface area contributed by atoms with Gasteiger partial charge in [-0.15, -0.1) is 11.3 Å². The summed E-state index contributed by atoms with van der Waals surface area (Å²) in [5.41, 5.74) is 1.82. The fourth-order valence-corrected chi connectivity index (χ4v) is 5.68. The van der Waals surface area contributed by atoms with Crippen LogP contribution in [0.2, 0.25) is 0 Å². The van der Waals surface area contributed by atoms with Crippen LogP contribution in [0.5, 0.6) is 0 Å². The summed E-state index contributed by atoms with van der Waals surface area (Å²) < 4.78 is 27.9. The first kappa shape index (κ1) is 20.0. The van der Waals surface area contributed by atoms with Crippen molar-refractivity contribution in [2.75, 3.05) is 11.9 Å². The molecule has 146 valence electrons. The number of benzene rings is 1. The molecule has 1 N–H and O–H groups in total. The van der Waals surface area contributed by atoms with Crippen LogP contribution in [0.25, 0.3) is 0 Å². The molecule has 6 nitrogen and oxygen atoms in total. The molecule has 1 aliphatic rings. The lowest BCUT2D eigenvalue weighted by molar-refractivity contribution is -0.116. The zero-order valence-electron chi connectivity index (χ0n) is 15.6. The highest BCUT2D eigenvalue weighted by Crippen LogP contribution is 2.28. The largest absolute Gasteiger partial charge is 0.301 e. The number of carbonyl (C=O) groups excluding carboxylic acids is 1. The van der Waals surface area contributed by atoms with Gasteiger partial charge in [0.05, 0.1) is 17.1 Å². The molecule has 0 atom stereocenters. The molecule has 1 amide bonds. The average Bonchev–Trinajstić information content (AvgIpc) is 3.05. The van der Waals surface area contributed by atoms with E-state index >= 15 is 0 Å². The van der Waals surface area contributed by atoms with Gasteiger partial charge >= 0.3 is 0 Å². The predicted octanol–water partition coefficient (Wildman–Crippen LogP) is 3.72. The molecular formula is C19H25N3O3S2. The molecule has 2 aromatic rings. The van der Waals surface area contributed by atoms with Gasteiger partial charge in [0.1, 0.15) is 0 Å². The normalized spacial score (nSPS) is 15.8. The van der Waals surface area contributed by atoms with Gasteiger partial charge in [-0.05, 0) is 38.8 Å². The molecule has 0 aliphatic heterocycles. The van der Waals surface area contributed by atoms with Gasteiger partial charge in [0.2, 0.25) is 15.9 Å². The standard InChI is InChI=1S/C19H25N3O3S2/c1-14-8-10-17(11-9-14)27(24,25)22(16-6-4-3-5-7-16)12-18(23)21-19-20-15(2)13-26-19/h8-11,13,16H,3-7,12H2,1-2H3,(H,20,21,23). The fraction of sp³-hybridized carbons (Fsp3) is 0.474. The second-order valence-electron chi connectivity index (χ2n) is 7.00. The van der Waals surface area contributed by atoms with Gasteiger partial charge in [-0.2, -0.15) is 4.31 Å². The summed E-state index contributed by atoms with van der Waals surface area (Å²) in [5.74, 6) is -0.356. The lowest BCUT2D eigenvalue weighted by atomic mass is 9.95. The number of hydrogen-bond acceptors (Lipinski definition) is 5. The third-order valence-electron chi connectivity index (χ3n) is 4.77. The fourth-order valence-electron chi connectivity index (χ4n) is 3.34. The minimum Gasteiger partial charge on any atom is -0.301 e. The van der Waals surface area contributed by atoms with Gasteiger partial charge in [-0.25, -0.2) is 13.4 Å². The average molecular weight is 408 g/mol. The van der Waals surface area contributed by atoms with Crippen LogP contribution in [0, 0.1) is 13.8 Å². The molecule has 1 heterocycles. The van der Waals surface area contributed by atoms with Crippen molar-refractivity contribution in [3.63, 3.8) is 0 Å². The summed E-state index contributed by atoms with van der Waals surface area (Å²) in [6, 6.07) is 6.65. The maximum absolute atomic E-state index is 13.3. The number of sulfonamides is 1. The second kappa shape index (κ2) is 8.50. The molecule has 0 unspecified atom stereocenters. The Morgan fingerprint density at radius 3 is 2.44 bits per heavy atom. The van der Waals surface area contributed by atoms with Crippen molar-refractivity contribution < 1.29 is 13.2 Å². The van der Waals surface area contributed by atoms with Gasteiger partial charge in [0.15, 0.2) is 5.13 Å². The van der Waals surface area contributed by atoms with E-state index in [-0.39, 0.29) is 23.4 Å². The lowest BCUT2D eigenvalue weighted by Crippen LogP contribution is -2.45. The van der Waals surface area contributed by atoms with Gasteiger partial charge in [0.25, 0.3) is 0 Å². The Hall–Kier alpha value is -1.77. The van der Waals surface area contributed by atoms with Crippen molar-refractivity contribution in [3.8, 4) is 0 Å². The van der Waals surface area contributed by atoms with E-state index in [1.54, 1.807) is 24.3 Å². The summed E-state index contributed by atoms with van der Waals surface area (Å²) in [6.07, 6.45) is 4.65. The van der Waals surface area contributed by atoms with Crippen molar-refractivity contribution in [2.24, 2.45) is 0 Å². The summed E-state index contributed by atoms with van der Waals surface area (Å²) in [4.78, 5) is 17.0. The van der Waals surface area contributed by atoms with Crippen LogP contribution in [-0.4, -0.2) is 36.2 Å². The number of carbonyl (C=O) groups is 1. The van der Waals surface area contributed by atoms with E-state index < -0.39 is 10.0 Å². The first-order valence-electron chi connectivity index (χ1n) is 9.17. The Kier molecular flexibility index (Phi) is 6.29. The molecule has 3 rings (SSSR count). The highest BCUT2D eigenvalue weighted by atomic mass is 32.2. The number of hydrogen-bond donors (Lipinski definition) is 1. The summed E-state index contributed by atoms with van der Waals surface area (Å²) in [7, 11) is -3.74. The topological polar surface area (TPSA) is 79.4 Å². The molecule has 0 saturated heterocycles. The molecular weight excluding hydrogens is 382 g/mol. The number of aromatic nitrogens is 1. The third kappa shape index (κ3) is 4.94. The van der Waals surface area contributed by atoms with Crippen LogP contribution in [0.1, 0.15) is 43.4 Å². The quantitative estimate of drug-likeness (QED) is 0.791. The zero-order valence-corrected chi connectivity index (χ0v) is 17.3. The Balaban J connectivity index is 1.83. The Morgan fingerprint density at radius 1 is 1.19 bits per heavy atom. The van der Waals surface area contributed by atoms with Crippen LogP contribution in [-0.2, 0) is 14.8 Å². The second-order valence-corrected chi connectivity index (χ2v) is 9.75. The number of thiazole rings is 1. The van der Waals surface area contributed by atoms with Crippen molar-refractivity contribution in [3.05, 3.63) is 40.9 Å². The number of amides is 1. The Bertz CT molecular complexity index is 885. The molecule has 1 aromatic carbocycles. The number of nitrogens with one attached hydrogen (secondary N) is 1. The van der Waals surface area contributed by atoms with Gasteiger partial charge in [-0.1, -0.05) is 37.0 Å². The van der Waals surface area contributed by atoms with Crippen LogP contribution in [0.3, 0.4) is 0 Å². The first-order chi connectivity index (χ1) is 12.9. The number of anilines is 1. The van der Waals surface area contributed by atoms with E-state index in [0.717, 1.165) is 43.4 Å². The van der Waals surface area contributed by atoms with E-state index in [2.05, 4.69) is 10.3 Å². The molecule has 27 heavy (non-hydrogen) atoms. The van der Waals surface area contributed by atoms with Crippen LogP contribution >= 0.6 is 11.3 Å². The van der Waals surface area contributed by atoms with Crippen molar-refractivity contribution in [1.82, 2.24) is 9.29 Å². The van der Waals surface area contributed by atoms with Gasteiger partial charge in [0, 0.05) is 11.4 Å². The van der Waals surface area contributed by atoms with Crippen molar-refractivity contribution >= 4 is 32.4 Å². The minimum atomic E-state index is -3.74. The molecule has 1 saturated carbocycles. The number of rotatable bonds is 6. The number of nitrogens with zero attached hydrogens (tertiary/aromatic N) is 2. The maximum Gasteiger partial charge on any atom is 0.243 e. The van der Waals surface area contributed by atoms with E-state index in [1.165, 1.54) is 15.6 Å². The Labute approximate surface area is 164 Å². The maximum atomic E-state index is 13.3. The first-order valence-corrected chi connectivity index (χ1v) is 11.5. The highest BCUT2D eigenvalue weighted by molar-refractivity contribution is 7.89. The molecule has 1 fully saturated rings. The van der Waals surface area contributed by atoms with E-state index in [4.69, 9.17) is 0 Å². The molecule has 1 aliphatic carbocycles. The SMILES string of the molecule is Cc1ccc(S(=O)(=O)N(CC(=O)Nc2nc(C)cs2)C2CCCCC2)cc1. The third-order valence-corrected chi connectivity index (χ3v) is 7.56. The minimum absolute atomic E-state index is 0.145. The summed E-state index contributed by atoms with van der Waals surface area (Å²) >= 11 is 1.33. The summed E-state index contributed by atoms with van der Waals surface area (Å²) in [5, 5.41) is 5.07. The van der Waals surface area contributed by atoms with Crippen LogP contribution in [0.15, 0.2) is 34.5 Å². The molecule has 0 spiro atoms. The van der Waals surface area contributed by atoms with Gasteiger partial charge < -0.3 is 5.32 Å². The molecule has 1 aromatic heterocycles. The molecule has 0 bridgehead atoms. The van der Waals surface area contributed by atoms with E-state index in [9.17, 15) is 13.2 Å². The monoisotopic (exact) mass is 407 g/mol. The lowest BCUT2D eigenvalue weighted by Gasteiger charge is -2.33. The van der Waals surface area contributed by atoms with Crippen LogP contribution < -0.4 is 5.32 Å². The summed E-state index contributed by atoms with van der Waals surface area (Å²) in [6.45, 7) is 3.57. The smallest absolute Gasteiger partial charge is 0.243 e. The predicted molar refractivity (Wildman–Crippen MR) is 107 cm³/mol. The molecule has 0 radical (unpaired) electrons. The number of aryl methyl sites for hydroxylation is 2. The van der Waals surface area contributed by atoms with E-state index in [0.29, 0.717) is 5.13 Å². The van der Waals surface area contributed by atoms with Crippen LogP contribution in [0.4, 0.5) is 5.13 Å². The molecule has 8 heteroatoms. The Morgan fingerprint density at radius 2 is 1.85 bits per heavy atom. The zero-order chi connectivity index (χ0) is 19.4. The van der Waals surface area contributed by atoms with E-state index in [1.807, 2.05) is 19.2 Å².